The van der Waals surface area contributed by atoms with Crippen molar-refractivity contribution in [2.75, 3.05) is 12.4 Å². The Kier molecular flexibility index (Phi) is 5.29. The number of carbonyl (C=O) groups excluding carboxylic acids is 1. The molecule has 0 saturated carbocycles. The van der Waals surface area contributed by atoms with Crippen LogP contribution in [-0.2, 0) is 0 Å². The molecule has 0 aliphatic heterocycles. The largest absolute Gasteiger partial charge is 0.508 e. The first-order chi connectivity index (χ1) is 8.04. The normalized spacial score (nSPS) is 12.2. The van der Waals surface area contributed by atoms with Gasteiger partial charge in [-0.05, 0) is 37.0 Å². The van der Waals surface area contributed by atoms with E-state index in [1.54, 1.807) is 19.1 Å². The van der Waals surface area contributed by atoms with E-state index in [1.807, 2.05) is 6.92 Å². The first-order valence-electron chi connectivity index (χ1n) is 5.68. The fourth-order valence-electron chi connectivity index (χ4n) is 1.41. The number of hydrogen-bond donors (Lipinski definition) is 2. The summed E-state index contributed by atoms with van der Waals surface area (Å²) in [7, 11) is 0. The van der Waals surface area contributed by atoms with Crippen molar-refractivity contribution in [2.45, 2.75) is 20.3 Å². The molecule has 0 aliphatic rings. The highest BCUT2D eigenvalue weighted by Gasteiger charge is 2.09. The van der Waals surface area contributed by atoms with E-state index in [1.165, 1.54) is 6.07 Å². The summed E-state index contributed by atoms with van der Waals surface area (Å²) in [6.07, 6.45) is 0.876. The molecular formula is C13H18ClNO2. The highest BCUT2D eigenvalue weighted by atomic mass is 35.5. The first-order valence-corrected chi connectivity index (χ1v) is 6.21. The van der Waals surface area contributed by atoms with Gasteiger partial charge in [0.25, 0.3) is 5.91 Å². The summed E-state index contributed by atoms with van der Waals surface area (Å²) < 4.78 is 0. The van der Waals surface area contributed by atoms with Crippen LogP contribution in [-0.4, -0.2) is 23.4 Å². The number of nitrogens with one attached hydrogen (secondary N) is 1. The Morgan fingerprint density at radius 1 is 1.53 bits per heavy atom. The number of alkyl halides is 1. The van der Waals surface area contributed by atoms with Crippen LogP contribution in [0.3, 0.4) is 0 Å². The number of benzene rings is 1. The van der Waals surface area contributed by atoms with Crippen molar-refractivity contribution in [1.82, 2.24) is 5.32 Å². The maximum Gasteiger partial charge on any atom is 0.251 e. The molecule has 17 heavy (non-hydrogen) atoms. The van der Waals surface area contributed by atoms with E-state index in [0.29, 0.717) is 23.9 Å². The third-order valence-corrected chi connectivity index (χ3v) is 2.90. The molecule has 4 heteroatoms. The Balaban J connectivity index is 2.55. The maximum atomic E-state index is 11.8. The summed E-state index contributed by atoms with van der Waals surface area (Å²) in [5.74, 6) is 0.936. The molecule has 0 bridgehead atoms. The van der Waals surface area contributed by atoms with Crippen LogP contribution in [0.1, 0.15) is 29.3 Å². The van der Waals surface area contributed by atoms with Crippen LogP contribution >= 0.6 is 11.6 Å². The second-order valence-corrected chi connectivity index (χ2v) is 4.67. The predicted octanol–water partition coefficient (Wildman–Crippen LogP) is 2.70. The standard InChI is InChI=1S/C13H18ClNO2/c1-9(5-6-14)8-15-13(17)11-4-3-10(2)12(16)7-11/h3-4,7,9,16H,5-6,8H2,1-2H3,(H,15,17). The summed E-state index contributed by atoms with van der Waals surface area (Å²) in [6.45, 7) is 4.43. The van der Waals surface area contributed by atoms with E-state index in [-0.39, 0.29) is 11.7 Å². The molecule has 2 N–H and O–H groups in total. The molecule has 1 rings (SSSR count). The second-order valence-electron chi connectivity index (χ2n) is 4.29. The van der Waals surface area contributed by atoms with Crippen LogP contribution < -0.4 is 5.32 Å². The molecule has 3 nitrogen and oxygen atoms in total. The fraction of sp³-hybridized carbons (Fsp3) is 0.462. The van der Waals surface area contributed by atoms with Gasteiger partial charge in [0.05, 0.1) is 0 Å². The van der Waals surface area contributed by atoms with Crippen LogP contribution in [0.5, 0.6) is 5.75 Å². The van der Waals surface area contributed by atoms with Crippen LogP contribution in [0.4, 0.5) is 0 Å². The van der Waals surface area contributed by atoms with Crippen molar-refractivity contribution in [1.29, 1.82) is 0 Å². The first kappa shape index (κ1) is 13.8. The van der Waals surface area contributed by atoms with E-state index in [9.17, 15) is 9.90 Å². The molecule has 0 fully saturated rings. The molecule has 0 radical (unpaired) electrons. The number of rotatable bonds is 5. The number of aryl methyl sites for hydroxylation is 1. The summed E-state index contributed by atoms with van der Waals surface area (Å²) in [5, 5.41) is 12.3. The van der Waals surface area contributed by atoms with E-state index >= 15 is 0 Å². The number of carbonyl (C=O) groups is 1. The second kappa shape index (κ2) is 6.50. The van der Waals surface area contributed by atoms with Crippen molar-refractivity contribution in [2.24, 2.45) is 5.92 Å². The minimum Gasteiger partial charge on any atom is -0.508 e. The zero-order valence-electron chi connectivity index (χ0n) is 10.2. The molecular weight excluding hydrogens is 238 g/mol. The van der Waals surface area contributed by atoms with Gasteiger partial charge in [-0.1, -0.05) is 13.0 Å². The Morgan fingerprint density at radius 2 is 2.24 bits per heavy atom. The lowest BCUT2D eigenvalue weighted by Gasteiger charge is -2.11. The lowest BCUT2D eigenvalue weighted by molar-refractivity contribution is 0.0947. The quantitative estimate of drug-likeness (QED) is 0.795. The zero-order chi connectivity index (χ0) is 12.8. The van der Waals surface area contributed by atoms with Crippen molar-refractivity contribution in [3.8, 4) is 5.75 Å². The average molecular weight is 256 g/mol. The molecule has 0 aliphatic carbocycles. The lowest BCUT2D eigenvalue weighted by atomic mass is 10.1. The SMILES string of the molecule is Cc1ccc(C(=O)NCC(C)CCCl)cc1O. The third kappa shape index (κ3) is 4.27. The molecule has 1 unspecified atom stereocenters. The van der Waals surface area contributed by atoms with Crippen LogP contribution in [0, 0.1) is 12.8 Å². The fourth-order valence-corrected chi connectivity index (χ4v) is 1.78. The molecule has 1 amide bonds. The predicted molar refractivity (Wildman–Crippen MR) is 69.7 cm³/mol. The van der Waals surface area contributed by atoms with Crippen LogP contribution in [0.2, 0.25) is 0 Å². The van der Waals surface area contributed by atoms with E-state index in [0.717, 1.165) is 12.0 Å². The topological polar surface area (TPSA) is 49.3 Å². The van der Waals surface area contributed by atoms with Gasteiger partial charge in [-0.25, -0.2) is 0 Å². The number of phenols is 1. The van der Waals surface area contributed by atoms with Crippen molar-refractivity contribution >= 4 is 17.5 Å². The highest BCUT2D eigenvalue weighted by Crippen LogP contribution is 2.17. The number of halogens is 1. The summed E-state index contributed by atoms with van der Waals surface area (Å²) in [6, 6.07) is 4.92. The summed E-state index contributed by atoms with van der Waals surface area (Å²) in [4.78, 5) is 11.8. The summed E-state index contributed by atoms with van der Waals surface area (Å²) in [5.41, 5.74) is 1.24. The molecule has 0 aromatic heterocycles. The van der Waals surface area contributed by atoms with E-state index < -0.39 is 0 Å². The Bertz CT molecular complexity index is 393. The summed E-state index contributed by atoms with van der Waals surface area (Å²) >= 11 is 5.62. The van der Waals surface area contributed by atoms with Crippen LogP contribution in [0.15, 0.2) is 18.2 Å². The Morgan fingerprint density at radius 3 is 2.82 bits per heavy atom. The maximum absolute atomic E-state index is 11.8. The third-order valence-electron chi connectivity index (χ3n) is 2.68. The van der Waals surface area contributed by atoms with Gasteiger partial charge < -0.3 is 10.4 Å². The Labute approximate surface area is 107 Å². The molecule has 0 spiro atoms. The van der Waals surface area contributed by atoms with Gasteiger partial charge in [-0.15, -0.1) is 11.6 Å². The van der Waals surface area contributed by atoms with Gasteiger partial charge in [-0.2, -0.15) is 0 Å². The van der Waals surface area contributed by atoms with Gasteiger partial charge in [-0.3, -0.25) is 4.79 Å². The molecule has 1 atom stereocenters. The number of phenolic OH excluding ortho intramolecular Hbond substituents is 1. The lowest BCUT2D eigenvalue weighted by Crippen LogP contribution is -2.28. The van der Waals surface area contributed by atoms with Gasteiger partial charge in [0.2, 0.25) is 0 Å². The van der Waals surface area contributed by atoms with E-state index in [2.05, 4.69) is 5.32 Å². The van der Waals surface area contributed by atoms with Crippen molar-refractivity contribution < 1.29 is 9.90 Å². The minimum atomic E-state index is -0.165. The molecule has 94 valence electrons. The smallest absolute Gasteiger partial charge is 0.251 e. The van der Waals surface area contributed by atoms with Gasteiger partial charge >= 0.3 is 0 Å². The molecule has 0 heterocycles. The Hall–Kier alpha value is -1.22. The monoisotopic (exact) mass is 255 g/mol. The number of hydrogen-bond acceptors (Lipinski definition) is 2. The molecule has 1 aromatic carbocycles. The zero-order valence-corrected chi connectivity index (χ0v) is 10.9. The van der Waals surface area contributed by atoms with Gasteiger partial charge in [0, 0.05) is 18.0 Å². The van der Waals surface area contributed by atoms with E-state index in [4.69, 9.17) is 11.6 Å². The number of aromatic hydroxyl groups is 1. The molecule has 1 aromatic rings. The van der Waals surface area contributed by atoms with Gasteiger partial charge in [0.1, 0.15) is 5.75 Å². The molecule has 0 saturated heterocycles. The minimum absolute atomic E-state index is 0.145. The highest BCUT2D eigenvalue weighted by molar-refractivity contribution is 6.17. The van der Waals surface area contributed by atoms with Gasteiger partial charge in [0.15, 0.2) is 0 Å². The van der Waals surface area contributed by atoms with Crippen LogP contribution in [0.25, 0.3) is 0 Å². The average Bonchev–Trinajstić information content (AvgIpc) is 2.30. The number of amides is 1. The van der Waals surface area contributed by atoms with Crippen molar-refractivity contribution in [3.05, 3.63) is 29.3 Å². The van der Waals surface area contributed by atoms with Crippen molar-refractivity contribution in [3.63, 3.8) is 0 Å².